The molecule has 0 saturated carbocycles. The number of hydrogen-bond donors (Lipinski definition) is 0. The number of hydrogen-bond acceptors (Lipinski definition) is 3. The summed E-state index contributed by atoms with van der Waals surface area (Å²) in [6.07, 6.45) is 17.0. The maximum atomic E-state index is 2.41. The molecule has 0 fully saturated rings. The van der Waals surface area contributed by atoms with E-state index in [1.54, 1.807) is 0 Å². The highest BCUT2D eigenvalue weighted by Gasteiger charge is 2.19. The summed E-state index contributed by atoms with van der Waals surface area (Å²) in [7, 11) is 0. The monoisotopic (exact) mass is 883 g/mol. The summed E-state index contributed by atoms with van der Waals surface area (Å²) in [5, 5.41) is 0. The van der Waals surface area contributed by atoms with Gasteiger partial charge in [-0.25, -0.2) is 0 Å². The highest BCUT2D eigenvalue weighted by Crippen LogP contribution is 2.38. The van der Waals surface area contributed by atoms with Crippen LogP contribution < -0.4 is 14.7 Å². The first kappa shape index (κ1) is 45.3. The lowest BCUT2D eigenvalue weighted by Crippen LogP contribution is -2.18. The summed E-state index contributed by atoms with van der Waals surface area (Å²) < 4.78 is 0. The number of nitrogens with zero attached hydrogens (tertiary/aromatic N) is 3. The van der Waals surface area contributed by atoms with Crippen molar-refractivity contribution in [1.29, 1.82) is 0 Å². The Morgan fingerprint density at radius 2 is 0.662 bits per heavy atom. The average Bonchev–Trinajstić information content (AvgIpc) is 3.36. The molecule has 9 rings (SSSR count). The lowest BCUT2D eigenvalue weighted by molar-refractivity contribution is 0.810. The van der Waals surface area contributed by atoms with Gasteiger partial charge in [0.15, 0.2) is 0 Å². The Labute approximate surface area is 405 Å². The fraction of sp³-hybridized carbons (Fsp3) is 0.138. The molecule has 1 aliphatic carbocycles. The molecule has 1 atom stereocenters. The van der Waals surface area contributed by atoms with Crippen LogP contribution in [0.25, 0.3) is 18.2 Å². The molecule has 3 heteroatoms. The fourth-order valence-electron chi connectivity index (χ4n) is 8.76. The molecule has 0 spiro atoms. The van der Waals surface area contributed by atoms with Crippen LogP contribution in [0.15, 0.2) is 212 Å². The van der Waals surface area contributed by atoms with Crippen molar-refractivity contribution in [1.82, 2.24) is 0 Å². The number of allylic oxidation sites excluding steroid dienone is 4. The molecule has 336 valence electrons. The third-order valence-electron chi connectivity index (χ3n) is 13.2. The lowest BCUT2D eigenvalue weighted by Gasteiger charge is -2.30. The molecule has 0 saturated heterocycles. The Balaban J connectivity index is 0.922. The Morgan fingerprint density at radius 3 is 1.01 bits per heavy atom. The van der Waals surface area contributed by atoms with E-state index in [9.17, 15) is 0 Å². The third-order valence-corrected chi connectivity index (χ3v) is 13.2. The molecule has 8 aromatic rings. The summed E-state index contributed by atoms with van der Waals surface area (Å²) in [5.41, 5.74) is 22.7. The van der Waals surface area contributed by atoms with E-state index in [0.717, 1.165) is 51.7 Å². The van der Waals surface area contributed by atoms with Crippen molar-refractivity contribution in [2.45, 2.75) is 54.9 Å². The van der Waals surface area contributed by atoms with Crippen molar-refractivity contribution in [2.75, 3.05) is 14.7 Å². The number of benzene rings is 8. The first-order chi connectivity index (χ1) is 33.0. The smallest absolute Gasteiger partial charge is 0.0464 e. The van der Waals surface area contributed by atoms with Crippen molar-refractivity contribution >= 4 is 63.7 Å². The summed E-state index contributed by atoms with van der Waals surface area (Å²) in [4.78, 5) is 7.05. The molecule has 0 amide bonds. The molecule has 0 N–H and O–H groups in total. The number of anilines is 8. The van der Waals surface area contributed by atoms with E-state index < -0.39 is 0 Å². The molecule has 0 radical (unpaired) electrons. The van der Waals surface area contributed by atoms with Crippen molar-refractivity contribution in [3.05, 3.63) is 268 Å². The maximum absolute atomic E-state index is 2.41. The second-order valence-electron chi connectivity index (χ2n) is 18.4. The van der Waals surface area contributed by atoms with Crippen molar-refractivity contribution in [3.8, 4) is 0 Å². The van der Waals surface area contributed by atoms with E-state index in [4.69, 9.17) is 0 Å². The SMILES string of the molecule is Cc1ccc(N(c2ccc(C)cc2)c2ccc(C=Cc3ccc(N(c4ccc(C)cc4)c4ccc(C=CC5C=C(N(c6ccc(C)c(C)c6)c6ccc(C)c(C)c6)C=CC5)cc4)cc3)cc2)cc1. The topological polar surface area (TPSA) is 9.72 Å². The Hall–Kier alpha value is -7.88. The molecular weight excluding hydrogens is 823 g/mol. The van der Waals surface area contributed by atoms with Gasteiger partial charge < -0.3 is 14.7 Å². The molecule has 3 nitrogen and oxygen atoms in total. The summed E-state index contributed by atoms with van der Waals surface area (Å²) >= 11 is 0. The van der Waals surface area contributed by atoms with Crippen LogP contribution in [0.2, 0.25) is 0 Å². The lowest BCUT2D eigenvalue weighted by atomic mass is 9.96. The Kier molecular flexibility index (Phi) is 13.5. The normalized spacial score (nSPS) is 13.5. The van der Waals surface area contributed by atoms with Gasteiger partial charge in [-0.15, -0.1) is 0 Å². The molecule has 8 aromatic carbocycles. The van der Waals surface area contributed by atoms with Crippen LogP contribution in [0.3, 0.4) is 0 Å². The predicted molar refractivity (Wildman–Crippen MR) is 294 cm³/mol. The first-order valence-electron chi connectivity index (χ1n) is 23.8. The maximum Gasteiger partial charge on any atom is 0.0464 e. The quantitative estimate of drug-likeness (QED) is 0.107. The van der Waals surface area contributed by atoms with Gasteiger partial charge in [-0.2, -0.15) is 0 Å². The summed E-state index contributed by atoms with van der Waals surface area (Å²) in [6.45, 7) is 15.1. The van der Waals surface area contributed by atoms with Crippen LogP contribution in [0.5, 0.6) is 0 Å². The Morgan fingerprint density at radius 1 is 0.338 bits per heavy atom. The second-order valence-corrected chi connectivity index (χ2v) is 18.4. The van der Waals surface area contributed by atoms with Gasteiger partial charge in [-0.05, 0) is 197 Å². The van der Waals surface area contributed by atoms with Gasteiger partial charge in [0.1, 0.15) is 0 Å². The van der Waals surface area contributed by atoms with Crippen LogP contribution in [0.1, 0.15) is 62.1 Å². The molecule has 1 unspecified atom stereocenters. The van der Waals surface area contributed by atoms with Gasteiger partial charge >= 0.3 is 0 Å². The van der Waals surface area contributed by atoms with E-state index in [2.05, 4.69) is 288 Å². The van der Waals surface area contributed by atoms with E-state index in [-0.39, 0.29) is 5.92 Å². The van der Waals surface area contributed by atoms with Crippen molar-refractivity contribution in [3.63, 3.8) is 0 Å². The minimum Gasteiger partial charge on any atom is -0.311 e. The molecule has 0 aromatic heterocycles. The Bertz CT molecular complexity index is 3020. The van der Waals surface area contributed by atoms with E-state index in [1.807, 2.05) is 0 Å². The molecule has 0 heterocycles. The van der Waals surface area contributed by atoms with Crippen LogP contribution in [-0.4, -0.2) is 0 Å². The molecule has 1 aliphatic rings. The zero-order chi connectivity index (χ0) is 47.1. The standard InChI is InChI=1S/C65H61N3/c1-46-11-29-57(30-12-46)66(58-31-13-47(2)14-32-58)60-37-23-53(24-38-60)19-20-54-25-39-61(40-26-54)67(59-33-15-48(3)16-34-59)62-41-27-55(28-42-62)21-22-56-9-8-10-63(45-56)68(64-35-17-49(4)51(6)43-64)65-36-18-50(5)52(7)44-65/h8,10-45,56H,9H2,1-7H3. The first-order valence-corrected chi connectivity index (χ1v) is 23.8. The van der Waals surface area contributed by atoms with Crippen LogP contribution in [0.4, 0.5) is 45.5 Å². The molecular formula is C65H61N3. The van der Waals surface area contributed by atoms with E-state index >= 15 is 0 Å². The predicted octanol–water partition coefficient (Wildman–Crippen LogP) is 18.3. The number of aryl methyl sites for hydroxylation is 7. The van der Waals surface area contributed by atoms with Crippen molar-refractivity contribution < 1.29 is 0 Å². The molecule has 0 bridgehead atoms. The third kappa shape index (κ3) is 10.5. The van der Waals surface area contributed by atoms with E-state index in [1.165, 1.54) is 61.6 Å². The largest absolute Gasteiger partial charge is 0.311 e. The molecule has 0 aliphatic heterocycles. The molecule has 68 heavy (non-hydrogen) atoms. The van der Waals surface area contributed by atoms with Gasteiger partial charge in [0.05, 0.1) is 0 Å². The van der Waals surface area contributed by atoms with Crippen LogP contribution in [-0.2, 0) is 0 Å². The highest BCUT2D eigenvalue weighted by molar-refractivity contribution is 5.81. The average molecular weight is 884 g/mol. The van der Waals surface area contributed by atoms with E-state index in [0.29, 0.717) is 0 Å². The summed E-state index contributed by atoms with van der Waals surface area (Å²) in [6, 6.07) is 66.4. The summed E-state index contributed by atoms with van der Waals surface area (Å²) in [5.74, 6) is 0.268. The minimum atomic E-state index is 0.268. The van der Waals surface area contributed by atoms with Crippen LogP contribution in [0, 0.1) is 54.4 Å². The fourth-order valence-corrected chi connectivity index (χ4v) is 8.76. The van der Waals surface area contributed by atoms with Gasteiger partial charge in [-0.1, -0.05) is 138 Å². The minimum absolute atomic E-state index is 0.268. The zero-order valence-corrected chi connectivity index (χ0v) is 40.5. The van der Waals surface area contributed by atoms with Gasteiger partial charge in [0, 0.05) is 57.1 Å². The number of rotatable bonds is 13. The second kappa shape index (κ2) is 20.3. The highest BCUT2D eigenvalue weighted by atomic mass is 15.2. The van der Waals surface area contributed by atoms with Gasteiger partial charge in [0.25, 0.3) is 0 Å². The van der Waals surface area contributed by atoms with Crippen LogP contribution >= 0.6 is 0 Å². The van der Waals surface area contributed by atoms with Crippen molar-refractivity contribution in [2.24, 2.45) is 5.92 Å². The van der Waals surface area contributed by atoms with Gasteiger partial charge in [0.2, 0.25) is 0 Å². The van der Waals surface area contributed by atoms with Gasteiger partial charge in [-0.3, -0.25) is 0 Å². The zero-order valence-electron chi connectivity index (χ0n) is 40.5.